The van der Waals surface area contributed by atoms with Gasteiger partial charge < -0.3 is 84.3 Å². The monoisotopic (exact) mass is 716 g/mol. The first-order chi connectivity index (χ1) is 23.4. The van der Waals surface area contributed by atoms with Crippen LogP contribution in [0.15, 0.2) is 0 Å². The van der Waals surface area contributed by atoms with Crippen LogP contribution in [0.3, 0.4) is 0 Å². The number of hydrogen-bond acceptors (Lipinski definition) is 17. The highest BCUT2D eigenvalue weighted by atomic mass is 16.7. The molecule has 49 heavy (non-hydrogen) atoms. The Balaban J connectivity index is 1.95. The molecule has 2 amide bonds. The number of rotatable bonds is 24. The maximum absolute atomic E-state index is 12.9. The van der Waals surface area contributed by atoms with Gasteiger partial charge in [0.05, 0.1) is 65.0 Å². The summed E-state index contributed by atoms with van der Waals surface area (Å²) in [5.74, 6) is -1.16. The average Bonchev–Trinajstić information content (AvgIpc) is 3.07. The summed E-state index contributed by atoms with van der Waals surface area (Å²) in [7, 11) is 1.23. The maximum Gasteiger partial charge on any atom is 0.252 e. The highest BCUT2D eigenvalue weighted by molar-refractivity contribution is 5.81. The van der Waals surface area contributed by atoms with Crippen molar-refractivity contribution in [2.45, 2.75) is 100 Å². The fourth-order valence-electron chi connectivity index (χ4n) is 5.23. The summed E-state index contributed by atoms with van der Waals surface area (Å²) in [6, 6.07) is -0.947. The highest BCUT2D eigenvalue weighted by Gasteiger charge is 2.52. The van der Waals surface area contributed by atoms with Gasteiger partial charge in [0.15, 0.2) is 12.4 Å². The summed E-state index contributed by atoms with van der Waals surface area (Å²) in [6.45, 7) is 2.98. The van der Waals surface area contributed by atoms with Crippen LogP contribution >= 0.6 is 0 Å². The molecule has 2 aliphatic rings. The van der Waals surface area contributed by atoms with Gasteiger partial charge in [-0.05, 0) is 19.8 Å². The number of ether oxygens (including phenoxy) is 8. The smallest absolute Gasteiger partial charge is 0.252 e. The number of hydrogen-bond donors (Lipinski definition) is 9. The van der Waals surface area contributed by atoms with Crippen LogP contribution in [-0.4, -0.2) is 201 Å². The topological polar surface area (TPSA) is 274 Å². The Kier molecular flexibility index (Phi) is 21.1. The molecule has 0 aliphatic carbocycles. The lowest BCUT2D eigenvalue weighted by Gasteiger charge is -2.47. The zero-order chi connectivity index (χ0) is 36.3. The van der Waals surface area contributed by atoms with Gasteiger partial charge in [0, 0.05) is 33.8 Å². The molecule has 2 rings (SSSR count). The molecule has 0 aromatic rings. The third kappa shape index (κ3) is 14.8. The van der Waals surface area contributed by atoms with Crippen LogP contribution in [0.1, 0.15) is 26.7 Å². The minimum Gasteiger partial charge on any atom is -0.394 e. The van der Waals surface area contributed by atoms with Crippen LogP contribution in [0.4, 0.5) is 0 Å². The highest BCUT2D eigenvalue weighted by Crippen LogP contribution is 2.30. The summed E-state index contributed by atoms with van der Waals surface area (Å²) in [5, 5.41) is 75.3. The van der Waals surface area contributed by atoms with E-state index in [1.165, 1.54) is 14.0 Å². The van der Waals surface area contributed by atoms with E-state index in [-0.39, 0.29) is 59.4 Å². The number of carbonyl (C=O) groups is 2. The molecule has 19 nitrogen and oxygen atoms in total. The molecular weight excluding hydrogens is 660 g/mol. The number of aliphatic hydroxyl groups excluding tert-OH is 7. The third-order valence-corrected chi connectivity index (χ3v) is 7.74. The quantitative estimate of drug-likeness (QED) is 0.0424. The third-order valence-electron chi connectivity index (χ3n) is 7.74. The van der Waals surface area contributed by atoms with E-state index in [4.69, 9.17) is 48.1 Å². The number of aliphatic hydroxyl groups is 7. The SMILES string of the molecule is CO[C@@H]1C(C(=O)NCCOCCO)O[C@@H](O[C@@H]2C(NC(C)=O)[C@H](C)OC(COCC(O)COCCCCOCC(O)CO)[C@H]2O)C(O)[C@H]1O. The van der Waals surface area contributed by atoms with Crippen LogP contribution in [0.2, 0.25) is 0 Å². The van der Waals surface area contributed by atoms with Crippen LogP contribution in [0, 0.1) is 0 Å². The van der Waals surface area contributed by atoms with Crippen molar-refractivity contribution in [2.24, 2.45) is 0 Å². The number of amides is 2. The van der Waals surface area contributed by atoms with Crippen molar-refractivity contribution in [3.05, 3.63) is 0 Å². The van der Waals surface area contributed by atoms with Crippen LogP contribution in [-0.2, 0) is 47.5 Å². The fraction of sp³-hybridized carbons (Fsp3) is 0.933. The molecule has 0 radical (unpaired) electrons. The Morgan fingerprint density at radius 2 is 1.47 bits per heavy atom. The zero-order valence-corrected chi connectivity index (χ0v) is 28.3. The van der Waals surface area contributed by atoms with Gasteiger partial charge in [0.25, 0.3) is 5.91 Å². The lowest BCUT2D eigenvalue weighted by Crippen LogP contribution is -2.68. The number of carbonyl (C=O) groups excluding carboxylic acids is 2. The Morgan fingerprint density at radius 3 is 2.08 bits per heavy atom. The van der Waals surface area contributed by atoms with E-state index in [1.54, 1.807) is 6.92 Å². The van der Waals surface area contributed by atoms with Crippen molar-refractivity contribution < 1.29 is 83.2 Å². The van der Waals surface area contributed by atoms with Gasteiger partial charge in [-0.1, -0.05) is 0 Å². The van der Waals surface area contributed by atoms with Crippen molar-refractivity contribution in [1.29, 1.82) is 0 Å². The van der Waals surface area contributed by atoms with E-state index >= 15 is 0 Å². The predicted molar refractivity (Wildman–Crippen MR) is 166 cm³/mol. The zero-order valence-electron chi connectivity index (χ0n) is 28.3. The lowest BCUT2D eigenvalue weighted by atomic mass is 9.92. The van der Waals surface area contributed by atoms with Crippen molar-refractivity contribution in [2.75, 3.05) is 79.7 Å². The Hall–Kier alpha value is -1.66. The van der Waals surface area contributed by atoms with E-state index in [9.17, 15) is 35.1 Å². The van der Waals surface area contributed by atoms with Gasteiger partial charge >= 0.3 is 0 Å². The van der Waals surface area contributed by atoms with Gasteiger partial charge in [-0.15, -0.1) is 0 Å². The van der Waals surface area contributed by atoms with Crippen LogP contribution in [0.25, 0.3) is 0 Å². The average molecular weight is 717 g/mol. The number of unbranched alkanes of at least 4 members (excludes halogenated alkanes) is 1. The van der Waals surface area contributed by atoms with Crippen molar-refractivity contribution >= 4 is 11.8 Å². The van der Waals surface area contributed by atoms with Gasteiger partial charge in [-0.25, -0.2) is 0 Å². The Morgan fingerprint density at radius 1 is 0.816 bits per heavy atom. The lowest BCUT2D eigenvalue weighted by molar-refractivity contribution is -0.326. The first-order valence-corrected chi connectivity index (χ1v) is 16.4. The molecule has 6 unspecified atom stereocenters. The van der Waals surface area contributed by atoms with E-state index in [1.807, 2.05) is 0 Å². The molecule has 2 saturated heterocycles. The first-order valence-electron chi connectivity index (χ1n) is 16.4. The van der Waals surface area contributed by atoms with Crippen molar-refractivity contribution in [3.63, 3.8) is 0 Å². The summed E-state index contributed by atoms with van der Waals surface area (Å²) >= 11 is 0. The molecular formula is C30H56N2O17. The summed E-state index contributed by atoms with van der Waals surface area (Å²) in [4.78, 5) is 25.0. The van der Waals surface area contributed by atoms with Gasteiger partial charge in [0.2, 0.25) is 5.91 Å². The normalized spacial score (nSPS) is 31.6. The van der Waals surface area contributed by atoms with Gasteiger partial charge in [-0.2, -0.15) is 0 Å². The molecule has 0 saturated carbocycles. The molecule has 2 fully saturated rings. The summed E-state index contributed by atoms with van der Waals surface area (Å²) < 4.78 is 44.3. The summed E-state index contributed by atoms with van der Waals surface area (Å²) in [5.41, 5.74) is 0. The fourth-order valence-corrected chi connectivity index (χ4v) is 5.23. The van der Waals surface area contributed by atoms with Crippen molar-refractivity contribution in [1.82, 2.24) is 10.6 Å². The molecule has 2 heterocycles. The molecule has 19 heteroatoms. The van der Waals surface area contributed by atoms with E-state index in [0.717, 1.165) is 0 Å². The largest absolute Gasteiger partial charge is 0.394 e. The minimum atomic E-state index is -1.72. The molecule has 0 bridgehead atoms. The second kappa shape index (κ2) is 23.7. The Labute approximate surface area is 285 Å². The molecule has 9 N–H and O–H groups in total. The van der Waals surface area contributed by atoms with Gasteiger partial charge in [-0.3, -0.25) is 9.59 Å². The van der Waals surface area contributed by atoms with Crippen LogP contribution < -0.4 is 10.6 Å². The molecule has 288 valence electrons. The first kappa shape index (κ1) is 43.5. The maximum atomic E-state index is 12.9. The predicted octanol–water partition coefficient (Wildman–Crippen LogP) is -4.84. The summed E-state index contributed by atoms with van der Waals surface area (Å²) in [6.07, 6.45) is -12.8. The second-order valence-corrected chi connectivity index (χ2v) is 11.8. The molecule has 2 aliphatic heterocycles. The second-order valence-electron chi connectivity index (χ2n) is 11.8. The van der Waals surface area contributed by atoms with E-state index < -0.39 is 85.2 Å². The van der Waals surface area contributed by atoms with Crippen LogP contribution in [0.5, 0.6) is 0 Å². The molecule has 0 spiro atoms. The Bertz CT molecular complexity index is 922. The van der Waals surface area contributed by atoms with Crippen molar-refractivity contribution in [3.8, 4) is 0 Å². The molecule has 12 atom stereocenters. The van der Waals surface area contributed by atoms with E-state index in [0.29, 0.717) is 26.1 Å². The molecule has 0 aromatic carbocycles. The minimum absolute atomic E-state index is 0.0168. The molecule has 0 aromatic heterocycles. The number of nitrogens with one attached hydrogen (secondary N) is 2. The van der Waals surface area contributed by atoms with E-state index in [2.05, 4.69) is 10.6 Å². The standard InChI is InChI=1S/C30H56N2O17/c1-17-22(32-18(2)35)26(48-30-25(40)24(39)27(42-3)28(49-30)29(41)31-6-10-43-11-7-33)23(38)21(47-17)16-46-15-20(37)14-45-9-5-4-8-44-13-19(36)12-34/h17,19-28,30,33-34,36-40H,4-16H2,1-3H3,(H,31,41)(H,32,35)/t17-,19?,20?,21?,22?,23+,24+,25?,26+,27-,28?,30+/m0/s1. The van der Waals surface area contributed by atoms with Gasteiger partial charge in [0.1, 0.15) is 48.8 Å². The number of methoxy groups -OCH3 is 1.